The van der Waals surface area contributed by atoms with Gasteiger partial charge in [-0.05, 0) is 24.8 Å². The Morgan fingerprint density at radius 2 is 2.00 bits per heavy atom. The van der Waals surface area contributed by atoms with Crippen molar-refractivity contribution in [2.45, 2.75) is 46.6 Å². The first-order valence-corrected chi connectivity index (χ1v) is 7.07. The maximum atomic E-state index is 5.51. The molecule has 102 valence electrons. The second-order valence-electron chi connectivity index (χ2n) is 6.14. The summed E-state index contributed by atoms with van der Waals surface area (Å²) in [4.78, 5) is 2.55. The van der Waals surface area contributed by atoms with Gasteiger partial charge in [0, 0.05) is 32.3 Å². The molecule has 1 aliphatic heterocycles. The van der Waals surface area contributed by atoms with E-state index in [0.717, 1.165) is 32.8 Å². The van der Waals surface area contributed by atoms with Gasteiger partial charge in [0.2, 0.25) is 0 Å². The van der Waals surface area contributed by atoms with Crippen molar-refractivity contribution in [1.29, 1.82) is 0 Å². The number of hydrogen-bond donors (Lipinski definition) is 1. The normalized spacial score (nSPS) is 21.2. The summed E-state index contributed by atoms with van der Waals surface area (Å²) in [7, 11) is 0. The van der Waals surface area contributed by atoms with Gasteiger partial charge in [0.05, 0.1) is 6.61 Å². The second-order valence-corrected chi connectivity index (χ2v) is 6.14. The molecule has 17 heavy (non-hydrogen) atoms. The van der Waals surface area contributed by atoms with Crippen LogP contribution < -0.4 is 5.32 Å². The lowest BCUT2D eigenvalue weighted by Crippen LogP contribution is -2.49. The van der Waals surface area contributed by atoms with Crippen molar-refractivity contribution in [1.82, 2.24) is 10.2 Å². The van der Waals surface area contributed by atoms with Crippen LogP contribution in [0.25, 0.3) is 0 Å². The Bertz CT molecular complexity index is 193. The third kappa shape index (κ3) is 5.84. The summed E-state index contributed by atoms with van der Waals surface area (Å²) in [5.41, 5.74) is 0.322. The Balaban J connectivity index is 2.45. The molecule has 1 aliphatic rings. The maximum Gasteiger partial charge on any atom is 0.0593 e. The number of ether oxygens (including phenoxy) is 1. The summed E-state index contributed by atoms with van der Waals surface area (Å²) >= 11 is 0. The molecule has 0 aromatic carbocycles. The van der Waals surface area contributed by atoms with Crippen molar-refractivity contribution < 1.29 is 4.74 Å². The molecule has 1 fully saturated rings. The molecule has 1 unspecified atom stereocenters. The molecule has 1 saturated heterocycles. The van der Waals surface area contributed by atoms with Gasteiger partial charge in [-0.2, -0.15) is 0 Å². The largest absolute Gasteiger partial charge is 0.380 e. The van der Waals surface area contributed by atoms with Crippen molar-refractivity contribution in [3.8, 4) is 0 Å². The van der Waals surface area contributed by atoms with Crippen LogP contribution in [0, 0.1) is 5.41 Å². The number of rotatable bonds is 5. The van der Waals surface area contributed by atoms with Gasteiger partial charge < -0.3 is 10.1 Å². The van der Waals surface area contributed by atoms with Crippen molar-refractivity contribution in [3.63, 3.8) is 0 Å². The first-order chi connectivity index (χ1) is 8.04. The van der Waals surface area contributed by atoms with Crippen LogP contribution in [0.3, 0.4) is 0 Å². The predicted octanol–water partition coefficient (Wildman–Crippen LogP) is 2.12. The van der Waals surface area contributed by atoms with E-state index in [1.54, 1.807) is 0 Å². The summed E-state index contributed by atoms with van der Waals surface area (Å²) in [6.07, 6.45) is 2.38. The highest BCUT2D eigenvalue weighted by Crippen LogP contribution is 2.20. The Morgan fingerprint density at radius 3 is 2.65 bits per heavy atom. The summed E-state index contributed by atoms with van der Waals surface area (Å²) < 4.78 is 5.51. The maximum absolute atomic E-state index is 5.51. The van der Waals surface area contributed by atoms with E-state index in [0.29, 0.717) is 11.5 Å². The molecule has 0 aromatic heterocycles. The molecule has 1 N–H and O–H groups in total. The van der Waals surface area contributed by atoms with Gasteiger partial charge in [-0.3, -0.25) is 4.90 Å². The lowest BCUT2D eigenvalue weighted by Gasteiger charge is -2.35. The number of hydrogen-bond acceptors (Lipinski definition) is 3. The number of nitrogens with zero attached hydrogens (tertiary/aromatic N) is 1. The average Bonchev–Trinajstić information content (AvgIpc) is 2.51. The zero-order valence-corrected chi connectivity index (χ0v) is 12.1. The molecule has 0 aromatic rings. The fraction of sp³-hybridized carbons (Fsp3) is 1.00. The van der Waals surface area contributed by atoms with Gasteiger partial charge in [-0.15, -0.1) is 0 Å². The molecule has 3 heteroatoms. The molecule has 0 bridgehead atoms. The Morgan fingerprint density at radius 1 is 1.24 bits per heavy atom. The molecule has 0 radical (unpaired) electrons. The molecule has 0 spiro atoms. The monoisotopic (exact) mass is 242 g/mol. The van der Waals surface area contributed by atoms with E-state index < -0.39 is 0 Å². The third-order valence-electron chi connectivity index (χ3n) is 3.44. The molecule has 0 amide bonds. The molecular weight excluding hydrogens is 212 g/mol. The average molecular weight is 242 g/mol. The van der Waals surface area contributed by atoms with E-state index in [9.17, 15) is 0 Å². The molecule has 1 rings (SSSR count). The van der Waals surface area contributed by atoms with Gasteiger partial charge in [0.1, 0.15) is 0 Å². The molecule has 1 atom stereocenters. The highest BCUT2D eigenvalue weighted by Gasteiger charge is 2.26. The van der Waals surface area contributed by atoms with Crippen molar-refractivity contribution in [2.75, 3.05) is 39.4 Å². The van der Waals surface area contributed by atoms with Crippen LogP contribution in [0.4, 0.5) is 0 Å². The van der Waals surface area contributed by atoms with E-state index in [2.05, 4.69) is 37.9 Å². The van der Waals surface area contributed by atoms with E-state index in [-0.39, 0.29) is 0 Å². The van der Waals surface area contributed by atoms with Gasteiger partial charge >= 0.3 is 0 Å². The van der Waals surface area contributed by atoms with Crippen LogP contribution in [0.15, 0.2) is 0 Å². The summed E-state index contributed by atoms with van der Waals surface area (Å²) in [6.45, 7) is 15.6. The van der Waals surface area contributed by atoms with Gasteiger partial charge in [0.15, 0.2) is 0 Å². The standard InChI is InChI=1S/C14H30N2O/c1-5-7-15-13(14(2,3)4)12-16-8-6-10-17-11-9-16/h13,15H,5-12H2,1-4H3. The van der Waals surface area contributed by atoms with E-state index >= 15 is 0 Å². The van der Waals surface area contributed by atoms with Crippen LogP contribution in [-0.2, 0) is 4.74 Å². The van der Waals surface area contributed by atoms with Crippen LogP contribution >= 0.6 is 0 Å². The minimum absolute atomic E-state index is 0.322. The lowest BCUT2D eigenvalue weighted by molar-refractivity contribution is 0.131. The summed E-state index contributed by atoms with van der Waals surface area (Å²) in [6, 6.07) is 0.570. The third-order valence-corrected chi connectivity index (χ3v) is 3.44. The predicted molar refractivity (Wildman–Crippen MR) is 73.4 cm³/mol. The van der Waals surface area contributed by atoms with Crippen LogP contribution in [-0.4, -0.2) is 50.3 Å². The van der Waals surface area contributed by atoms with Crippen LogP contribution in [0.1, 0.15) is 40.5 Å². The zero-order chi connectivity index (χ0) is 12.7. The molecule has 0 aliphatic carbocycles. The SMILES string of the molecule is CCCNC(CN1CCCOCC1)C(C)(C)C. The van der Waals surface area contributed by atoms with Gasteiger partial charge in [0.25, 0.3) is 0 Å². The summed E-state index contributed by atoms with van der Waals surface area (Å²) in [5.74, 6) is 0. The van der Waals surface area contributed by atoms with E-state index in [1.165, 1.54) is 19.4 Å². The fourth-order valence-electron chi connectivity index (χ4n) is 2.20. The Kier molecular flexibility index (Phi) is 6.45. The first-order valence-electron chi connectivity index (χ1n) is 7.07. The smallest absolute Gasteiger partial charge is 0.0593 e. The minimum Gasteiger partial charge on any atom is -0.380 e. The van der Waals surface area contributed by atoms with Gasteiger partial charge in [-0.25, -0.2) is 0 Å². The molecule has 1 heterocycles. The van der Waals surface area contributed by atoms with Crippen LogP contribution in [0.2, 0.25) is 0 Å². The lowest BCUT2D eigenvalue weighted by atomic mass is 9.86. The van der Waals surface area contributed by atoms with Crippen LogP contribution in [0.5, 0.6) is 0 Å². The minimum atomic E-state index is 0.322. The Labute approximate surface area is 107 Å². The first kappa shape index (κ1) is 14.9. The highest BCUT2D eigenvalue weighted by molar-refractivity contribution is 4.83. The molecule has 3 nitrogen and oxygen atoms in total. The highest BCUT2D eigenvalue weighted by atomic mass is 16.5. The van der Waals surface area contributed by atoms with Crippen molar-refractivity contribution in [3.05, 3.63) is 0 Å². The second kappa shape index (κ2) is 7.34. The molecule has 0 saturated carbocycles. The van der Waals surface area contributed by atoms with E-state index in [1.807, 2.05) is 0 Å². The Hall–Kier alpha value is -0.120. The van der Waals surface area contributed by atoms with Gasteiger partial charge in [-0.1, -0.05) is 27.7 Å². The fourth-order valence-corrected chi connectivity index (χ4v) is 2.20. The summed E-state index contributed by atoms with van der Waals surface area (Å²) in [5, 5.41) is 3.69. The van der Waals surface area contributed by atoms with Crippen molar-refractivity contribution in [2.24, 2.45) is 5.41 Å². The quantitative estimate of drug-likeness (QED) is 0.799. The van der Waals surface area contributed by atoms with E-state index in [4.69, 9.17) is 4.74 Å². The topological polar surface area (TPSA) is 24.5 Å². The zero-order valence-electron chi connectivity index (χ0n) is 12.1. The van der Waals surface area contributed by atoms with Crippen molar-refractivity contribution >= 4 is 0 Å². The number of nitrogens with one attached hydrogen (secondary N) is 1. The molecular formula is C14H30N2O.